The van der Waals surface area contributed by atoms with Gasteiger partial charge in [-0.3, -0.25) is 4.79 Å². The van der Waals surface area contributed by atoms with Gasteiger partial charge in [0.1, 0.15) is 0 Å². The maximum atomic E-state index is 9.96. The molecule has 0 aromatic heterocycles. The van der Waals surface area contributed by atoms with Gasteiger partial charge in [-0.25, -0.2) is 0 Å². The van der Waals surface area contributed by atoms with Gasteiger partial charge in [-0.2, -0.15) is 4.89 Å². The first-order chi connectivity index (χ1) is 4.22. The maximum Gasteiger partial charge on any atom is 0.491 e. The van der Waals surface area contributed by atoms with Gasteiger partial charge in [0.25, 0.3) is 0 Å². The lowest BCUT2D eigenvalue weighted by Crippen LogP contribution is -1.94. The fourth-order valence-corrected chi connectivity index (χ4v) is 0.144. The molecule has 0 heterocycles. The van der Waals surface area contributed by atoms with Gasteiger partial charge in [0.2, 0.25) is 0 Å². The number of esters is 1. The molecule has 4 nitrogen and oxygen atoms in total. The van der Waals surface area contributed by atoms with Crippen LogP contribution in [0.2, 0.25) is 0 Å². The molecule has 0 saturated carbocycles. The number of carbonyl (C=O) groups excluding carboxylic acids is 1. The molecule has 0 spiro atoms. The predicted octanol–water partition coefficient (Wildman–Crippen LogP) is 0.487. The van der Waals surface area contributed by atoms with Crippen LogP contribution in [-0.4, -0.2) is 18.0 Å². The standard InChI is InChI=1S/C4H8O2.HO2P/c1-3-4(5)6-2;1-3-2/h3H2,1-2H3;3H/p+1. The van der Waals surface area contributed by atoms with Crippen LogP contribution in [0.5, 0.6) is 0 Å². The summed E-state index contributed by atoms with van der Waals surface area (Å²) in [6.07, 6.45) is 0.469. The van der Waals surface area contributed by atoms with E-state index in [-0.39, 0.29) is 5.97 Å². The zero-order valence-corrected chi connectivity index (χ0v) is 6.38. The molecule has 1 unspecified atom stereocenters. The first-order valence-corrected chi connectivity index (χ1v) is 3.16. The topological polar surface area (TPSA) is 63.6 Å². The minimum atomic E-state index is -1.17. The number of ether oxygens (including phenoxy) is 1. The van der Waals surface area contributed by atoms with Crippen LogP contribution in [0.1, 0.15) is 13.3 Å². The van der Waals surface area contributed by atoms with Crippen molar-refractivity contribution in [3.05, 3.63) is 0 Å². The van der Waals surface area contributed by atoms with Crippen molar-refractivity contribution in [3.63, 3.8) is 0 Å². The van der Waals surface area contributed by atoms with Gasteiger partial charge in [-0.1, -0.05) is 6.92 Å². The highest BCUT2D eigenvalue weighted by atomic mass is 31.1. The van der Waals surface area contributed by atoms with E-state index in [1.54, 1.807) is 6.92 Å². The van der Waals surface area contributed by atoms with E-state index in [0.29, 0.717) is 6.42 Å². The van der Waals surface area contributed by atoms with Crippen molar-refractivity contribution >= 4 is 14.7 Å². The Morgan fingerprint density at radius 2 is 2.11 bits per heavy atom. The molecule has 0 aromatic carbocycles. The van der Waals surface area contributed by atoms with Crippen molar-refractivity contribution in [2.45, 2.75) is 13.3 Å². The second-order valence-electron chi connectivity index (χ2n) is 1.02. The molecule has 0 aliphatic carbocycles. The van der Waals surface area contributed by atoms with Crippen LogP contribution in [0.25, 0.3) is 0 Å². The minimum Gasteiger partial charge on any atom is -0.469 e. The molecule has 0 fully saturated rings. The van der Waals surface area contributed by atoms with E-state index in [1.165, 1.54) is 7.11 Å². The first-order valence-electron chi connectivity index (χ1n) is 2.30. The Bertz CT molecular complexity index is 76.6. The van der Waals surface area contributed by atoms with Gasteiger partial charge >= 0.3 is 14.7 Å². The van der Waals surface area contributed by atoms with Gasteiger partial charge in [-0.05, 0) is 4.57 Å². The molecule has 0 amide bonds. The summed E-state index contributed by atoms with van der Waals surface area (Å²) in [5.74, 6) is -0.157. The lowest BCUT2D eigenvalue weighted by Gasteiger charge is -1.87. The van der Waals surface area contributed by atoms with Crippen LogP contribution in [0, 0.1) is 0 Å². The lowest BCUT2D eigenvalue weighted by molar-refractivity contribution is -0.140. The van der Waals surface area contributed by atoms with Crippen molar-refractivity contribution in [1.29, 1.82) is 0 Å². The third-order valence-electron chi connectivity index (χ3n) is 0.516. The summed E-state index contributed by atoms with van der Waals surface area (Å²) in [5.41, 5.74) is 0. The number of hydrogen-bond acceptors (Lipinski definition) is 3. The van der Waals surface area contributed by atoms with E-state index in [9.17, 15) is 4.79 Å². The summed E-state index contributed by atoms with van der Waals surface area (Å²) >= 11 is 0. The second-order valence-corrected chi connectivity index (χ2v) is 1.20. The van der Waals surface area contributed by atoms with E-state index in [2.05, 4.69) is 4.74 Å². The second kappa shape index (κ2) is 10.5. The quantitative estimate of drug-likeness (QED) is 0.439. The molecule has 54 valence electrons. The molecule has 1 atom stereocenters. The van der Waals surface area contributed by atoms with E-state index in [0.717, 1.165) is 0 Å². The fourth-order valence-electron chi connectivity index (χ4n) is 0.144. The predicted molar refractivity (Wildman–Crippen MR) is 33.5 cm³/mol. The van der Waals surface area contributed by atoms with Crippen molar-refractivity contribution in [2.75, 3.05) is 7.11 Å². The minimum absolute atomic E-state index is 0.157. The van der Waals surface area contributed by atoms with Crippen LogP contribution in [-0.2, 0) is 14.1 Å². The smallest absolute Gasteiger partial charge is 0.469 e. The fraction of sp³-hybridized carbons (Fsp3) is 0.750. The van der Waals surface area contributed by atoms with E-state index in [1.807, 2.05) is 0 Å². The SMILES string of the molecule is CCC(=O)OC.O=[PH+]O. The molecule has 1 N–H and O–H groups in total. The molecular weight excluding hydrogens is 143 g/mol. The van der Waals surface area contributed by atoms with Crippen LogP contribution in [0.4, 0.5) is 0 Å². The third kappa shape index (κ3) is 18.5. The molecule has 0 bridgehead atoms. The molecule has 0 aromatic rings. The summed E-state index contributed by atoms with van der Waals surface area (Å²) in [6, 6.07) is 0. The maximum absolute atomic E-state index is 9.96. The van der Waals surface area contributed by atoms with Crippen molar-refractivity contribution in [2.24, 2.45) is 0 Å². The van der Waals surface area contributed by atoms with Crippen LogP contribution >= 0.6 is 8.69 Å². The Hall–Kier alpha value is -0.470. The van der Waals surface area contributed by atoms with Gasteiger partial charge in [0.05, 0.1) is 7.11 Å². The number of carbonyl (C=O) groups is 1. The zero-order chi connectivity index (χ0) is 7.70. The highest BCUT2D eigenvalue weighted by Crippen LogP contribution is 1.76. The summed E-state index contributed by atoms with van der Waals surface area (Å²) in [6.45, 7) is 1.76. The number of methoxy groups -OCH3 is 1. The van der Waals surface area contributed by atoms with Crippen molar-refractivity contribution in [1.82, 2.24) is 0 Å². The molecule has 0 saturated heterocycles. The molecule has 0 aliphatic heterocycles. The first kappa shape index (κ1) is 11.3. The van der Waals surface area contributed by atoms with Crippen molar-refractivity contribution < 1.29 is 19.0 Å². The normalized spacial score (nSPS) is 7.44. The monoisotopic (exact) mass is 153 g/mol. The average Bonchev–Trinajstić information content (AvgIpc) is 1.88. The van der Waals surface area contributed by atoms with Crippen LogP contribution in [0.15, 0.2) is 0 Å². The molecule has 0 radical (unpaired) electrons. The van der Waals surface area contributed by atoms with E-state index >= 15 is 0 Å². The average molecular weight is 153 g/mol. The van der Waals surface area contributed by atoms with Crippen LogP contribution < -0.4 is 0 Å². The summed E-state index contributed by atoms with van der Waals surface area (Å²) in [5, 5.41) is 0. The van der Waals surface area contributed by atoms with Gasteiger partial charge in [0, 0.05) is 6.42 Å². The van der Waals surface area contributed by atoms with Gasteiger partial charge in [0.15, 0.2) is 0 Å². The van der Waals surface area contributed by atoms with E-state index < -0.39 is 8.69 Å². The molecular formula is C4H10O4P+. The summed E-state index contributed by atoms with van der Waals surface area (Å²) < 4.78 is 12.8. The third-order valence-corrected chi connectivity index (χ3v) is 0.516. The number of hydrogen-bond donors (Lipinski definition) is 1. The Balaban J connectivity index is 0. The summed E-state index contributed by atoms with van der Waals surface area (Å²) in [4.78, 5) is 17.0. The van der Waals surface area contributed by atoms with Crippen LogP contribution in [0.3, 0.4) is 0 Å². The number of rotatable bonds is 1. The highest BCUT2D eigenvalue weighted by molar-refractivity contribution is 7.16. The highest BCUT2D eigenvalue weighted by Gasteiger charge is 1.87. The van der Waals surface area contributed by atoms with Crippen molar-refractivity contribution in [3.8, 4) is 0 Å². The Kier molecular flexibility index (Phi) is 13.2. The Labute approximate surface area is 55.1 Å². The molecule has 9 heavy (non-hydrogen) atoms. The Morgan fingerprint density at radius 3 is 2.11 bits per heavy atom. The molecule has 0 aliphatic rings. The zero-order valence-electron chi connectivity index (χ0n) is 5.38. The summed E-state index contributed by atoms with van der Waals surface area (Å²) in [7, 11) is 0.214. The largest absolute Gasteiger partial charge is 0.491 e. The van der Waals surface area contributed by atoms with Gasteiger partial charge < -0.3 is 4.74 Å². The molecule has 0 rings (SSSR count). The molecule has 5 heteroatoms. The Morgan fingerprint density at radius 1 is 1.78 bits per heavy atom. The van der Waals surface area contributed by atoms with E-state index in [4.69, 9.17) is 9.46 Å². The lowest BCUT2D eigenvalue weighted by atomic mass is 10.5. The van der Waals surface area contributed by atoms with Gasteiger partial charge in [-0.15, -0.1) is 0 Å².